The number of allylic oxidation sites excluding steroid dienone is 1. The molecule has 4 aliphatic rings. The second-order valence-corrected chi connectivity index (χ2v) is 12.0. The molecule has 0 radical (unpaired) electrons. The first-order chi connectivity index (χ1) is 18.8. The summed E-state index contributed by atoms with van der Waals surface area (Å²) in [6.07, 6.45) is 0.231. The number of para-hydroxylation sites is 1. The fourth-order valence-electron chi connectivity index (χ4n) is 7.07. The molecule has 9 nitrogen and oxygen atoms in total. The molecule has 9 atom stereocenters. The average Bonchev–Trinajstić information content (AvgIpc) is 3.25. The highest BCUT2D eigenvalue weighted by Gasteiger charge is 2.62. The van der Waals surface area contributed by atoms with Crippen LogP contribution in [0, 0.1) is 17.8 Å². The fourth-order valence-corrected chi connectivity index (χ4v) is 7.37. The summed E-state index contributed by atoms with van der Waals surface area (Å²) in [6, 6.07) is 4.11. The van der Waals surface area contributed by atoms with Gasteiger partial charge in [0.2, 0.25) is 0 Å². The molecule has 2 aliphatic heterocycles. The summed E-state index contributed by atoms with van der Waals surface area (Å²) >= 11 is 6.38. The lowest BCUT2D eigenvalue weighted by Gasteiger charge is -2.55. The first-order valence-electron chi connectivity index (χ1n) is 13.6. The number of ether oxygens (including phenoxy) is 2. The van der Waals surface area contributed by atoms with Gasteiger partial charge < -0.3 is 19.7 Å². The van der Waals surface area contributed by atoms with E-state index in [-0.39, 0.29) is 18.3 Å². The third kappa shape index (κ3) is 4.44. The molecule has 218 valence electrons. The standard InChI is InChI=1S/C29H36ClFN2O7/c1-14-11-20-18(15(2)13-31)10-9-16(3)29(20,37)25(24(14)38-17(4)34)39-26(35)22-12-28(36)19-7-6-8-21(30)23(19)33(5)40-27(28)32-22/h6-8,11,13,16,18,20,22,24-25,27,32,36-37H,9-10,12H2,1-5H3/b15-13+/t16-,18+,20-,22+,24-,25+,27-,28-,29-/m1/s1. The van der Waals surface area contributed by atoms with Gasteiger partial charge in [0.25, 0.3) is 0 Å². The average molecular weight is 579 g/mol. The van der Waals surface area contributed by atoms with Crippen LogP contribution in [0.1, 0.15) is 52.5 Å². The first kappa shape index (κ1) is 29.0. The highest BCUT2D eigenvalue weighted by molar-refractivity contribution is 6.33. The van der Waals surface area contributed by atoms with Crippen molar-refractivity contribution in [1.82, 2.24) is 5.32 Å². The maximum atomic E-state index is 13.8. The van der Waals surface area contributed by atoms with Crippen molar-refractivity contribution in [3.63, 3.8) is 0 Å². The Labute approximate surface area is 237 Å². The van der Waals surface area contributed by atoms with Crippen LogP contribution in [-0.2, 0) is 29.5 Å². The van der Waals surface area contributed by atoms with E-state index in [4.69, 9.17) is 25.9 Å². The predicted octanol–water partition coefficient (Wildman–Crippen LogP) is 3.67. The summed E-state index contributed by atoms with van der Waals surface area (Å²) in [4.78, 5) is 31.7. The van der Waals surface area contributed by atoms with Gasteiger partial charge in [0.1, 0.15) is 17.2 Å². The molecular formula is C29H36ClFN2O7. The zero-order valence-electron chi connectivity index (χ0n) is 23.2. The van der Waals surface area contributed by atoms with Crippen molar-refractivity contribution in [3.8, 4) is 0 Å². The van der Waals surface area contributed by atoms with Crippen LogP contribution < -0.4 is 10.4 Å². The van der Waals surface area contributed by atoms with E-state index >= 15 is 0 Å². The van der Waals surface area contributed by atoms with Gasteiger partial charge in [0.05, 0.1) is 17.0 Å². The number of hydroxylamine groups is 1. The summed E-state index contributed by atoms with van der Waals surface area (Å²) in [7, 11) is 1.66. The molecule has 1 aromatic rings. The van der Waals surface area contributed by atoms with E-state index in [1.54, 1.807) is 39.1 Å². The highest BCUT2D eigenvalue weighted by atomic mass is 35.5. The highest BCUT2D eigenvalue weighted by Crippen LogP contribution is 2.53. The van der Waals surface area contributed by atoms with Crippen molar-refractivity contribution in [2.45, 2.75) is 82.6 Å². The van der Waals surface area contributed by atoms with E-state index in [0.717, 1.165) is 0 Å². The minimum atomic E-state index is -1.64. The molecular weight excluding hydrogens is 543 g/mol. The summed E-state index contributed by atoms with van der Waals surface area (Å²) in [5.41, 5.74) is -1.13. The molecule has 1 aromatic carbocycles. The molecule has 1 saturated carbocycles. The Bertz CT molecular complexity index is 1270. The minimum absolute atomic E-state index is 0.0822. The normalized spacial score (nSPS) is 39.0. The topological polar surface area (TPSA) is 118 Å². The molecule has 3 N–H and O–H groups in total. The van der Waals surface area contributed by atoms with Crippen molar-refractivity contribution >= 4 is 29.2 Å². The van der Waals surface area contributed by atoms with Gasteiger partial charge >= 0.3 is 11.9 Å². The second-order valence-electron chi connectivity index (χ2n) is 11.6. The number of hydrogen-bond donors (Lipinski definition) is 3. The summed E-state index contributed by atoms with van der Waals surface area (Å²) in [5, 5.41) is 28.8. The predicted molar refractivity (Wildman–Crippen MR) is 145 cm³/mol. The molecule has 1 saturated heterocycles. The number of carbonyl (C=O) groups is 2. The zero-order valence-corrected chi connectivity index (χ0v) is 23.9. The number of anilines is 1. The zero-order chi connectivity index (χ0) is 29.1. The van der Waals surface area contributed by atoms with E-state index in [0.29, 0.717) is 46.6 Å². The molecule has 0 bridgehead atoms. The van der Waals surface area contributed by atoms with Gasteiger partial charge in [-0.3, -0.25) is 24.8 Å². The van der Waals surface area contributed by atoms with Crippen LogP contribution in [-0.4, -0.2) is 59.3 Å². The Morgan fingerprint density at radius 2 is 1.98 bits per heavy atom. The van der Waals surface area contributed by atoms with Gasteiger partial charge in [-0.2, -0.15) is 0 Å². The quantitative estimate of drug-likeness (QED) is 0.363. The largest absolute Gasteiger partial charge is 0.454 e. The lowest BCUT2D eigenvalue weighted by Crippen LogP contribution is -2.66. The molecule has 5 rings (SSSR count). The number of rotatable bonds is 4. The van der Waals surface area contributed by atoms with Crippen LogP contribution in [0.4, 0.5) is 10.1 Å². The Morgan fingerprint density at radius 1 is 1.25 bits per heavy atom. The van der Waals surface area contributed by atoms with Crippen molar-refractivity contribution < 1.29 is 38.5 Å². The van der Waals surface area contributed by atoms with E-state index in [1.165, 1.54) is 12.0 Å². The third-order valence-corrected chi connectivity index (χ3v) is 9.51. The molecule has 2 fully saturated rings. The van der Waals surface area contributed by atoms with Crippen LogP contribution >= 0.6 is 11.6 Å². The summed E-state index contributed by atoms with van der Waals surface area (Å²) in [6.45, 7) is 6.53. The number of nitrogens with one attached hydrogen (secondary N) is 1. The van der Waals surface area contributed by atoms with Crippen molar-refractivity contribution in [2.75, 3.05) is 12.1 Å². The van der Waals surface area contributed by atoms with Crippen LogP contribution in [0.5, 0.6) is 0 Å². The van der Waals surface area contributed by atoms with E-state index in [1.807, 2.05) is 13.0 Å². The molecule has 40 heavy (non-hydrogen) atoms. The van der Waals surface area contributed by atoms with Gasteiger partial charge in [-0.05, 0) is 55.7 Å². The maximum absolute atomic E-state index is 13.8. The van der Waals surface area contributed by atoms with Gasteiger partial charge in [0, 0.05) is 31.9 Å². The smallest absolute Gasteiger partial charge is 0.323 e. The van der Waals surface area contributed by atoms with Crippen LogP contribution in [0.2, 0.25) is 5.02 Å². The number of carbonyl (C=O) groups excluding carboxylic acids is 2. The monoisotopic (exact) mass is 578 g/mol. The van der Waals surface area contributed by atoms with Gasteiger partial charge in [0.15, 0.2) is 18.4 Å². The maximum Gasteiger partial charge on any atom is 0.323 e. The molecule has 2 heterocycles. The summed E-state index contributed by atoms with van der Waals surface area (Å²) in [5.74, 6) is -2.57. The van der Waals surface area contributed by atoms with E-state index in [2.05, 4.69) is 5.32 Å². The fraction of sp³-hybridized carbons (Fsp3) is 0.586. The van der Waals surface area contributed by atoms with Crippen molar-refractivity contribution in [3.05, 3.63) is 52.3 Å². The Hall–Kier alpha value is -2.50. The number of aliphatic hydroxyl groups is 2. The molecule has 0 spiro atoms. The molecule has 2 aliphatic carbocycles. The number of esters is 2. The van der Waals surface area contributed by atoms with Gasteiger partial charge in [-0.25, -0.2) is 4.39 Å². The molecule has 0 amide bonds. The van der Waals surface area contributed by atoms with E-state index < -0.39 is 53.5 Å². The Morgan fingerprint density at radius 3 is 2.65 bits per heavy atom. The number of nitrogens with zero attached hydrogens (tertiary/aromatic N) is 1. The Balaban J connectivity index is 1.48. The van der Waals surface area contributed by atoms with Crippen LogP contribution in [0.3, 0.4) is 0 Å². The first-order valence-corrected chi connectivity index (χ1v) is 13.9. The molecule has 0 unspecified atom stereocenters. The van der Waals surface area contributed by atoms with Gasteiger partial charge in [-0.15, -0.1) is 0 Å². The van der Waals surface area contributed by atoms with Gasteiger partial charge in [-0.1, -0.05) is 36.7 Å². The van der Waals surface area contributed by atoms with Crippen molar-refractivity contribution in [2.24, 2.45) is 17.8 Å². The SMILES string of the molecule is CC(=O)O[C@@H]1C(C)=C[C@@H]2[C@H](/C(C)=C/F)CC[C@@H](C)[C@]2(O)[C@H]1OC(=O)[C@@H]1C[C@@]2(O)c3cccc(Cl)c3N(C)O[C@H]2N1. The van der Waals surface area contributed by atoms with Crippen LogP contribution in [0.15, 0.2) is 41.8 Å². The lowest BCUT2D eigenvalue weighted by atomic mass is 9.56. The third-order valence-electron chi connectivity index (χ3n) is 9.20. The van der Waals surface area contributed by atoms with Crippen molar-refractivity contribution in [1.29, 1.82) is 0 Å². The second kappa shape index (κ2) is 10.4. The molecule has 0 aromatic heterocycles. The van der Waals surface area contributed by atoms with E-state index in [9.17, 15) is 24.2 Å². The number of benzene rings is 1. The summed E-state index contributed by atoms with van der Waals surface area (Å²) < 4.78 is 25.3. The lowest BCUT2D eigenvalue weighted by molar-refractivity contribution is -0.221. The molecule has 11 heteroatoms. The van der Waals surface area contributed by atoms with Crippen LogP contribution in [0.25, 0.3) is 0 Å². The number of halogens is 2. The number of fused-ring (bicyclic) bond motifs is 4. The Kier molecular flexibility index (Phi) is 7.54. The minimum Gasteiger partial charge on any atom is -0.454 e. The number of hydrogen-bond acceptors (Lipinski definition) is 9.